The largest absolute Gasteiger partial charge is 0.354 e. The number of hydrogen-bond donors (Lipinski definition) is 1. The van der Waals surface area contributed by atoms with E-state index in [1.165, 1.54) is 10.6 Å². The summed E-state index contributed by atoms with van der Waals surface area (Å²) in [7, 11) is 0. The Morgan fingerprint density at radius 2 is 2.00 bits per heavy atom. The van der Waals surface area contributed by atoms with Gasteiger partial charge in [0, 0.05) is 29.8 Å². The third kappa shape index (κ3) is 4.64. The van der Waals surface area contributed by atoms with Crippen LogP contribution in [0.3, 0.4) is 0 Å². The van der Waals surface area contributed by atoms with Crippen LogP contribution in [0.25, 0.3) is 11.3 Å². The number of aryl methyl sites for hydroxylation is 1. The normalized spacial score (nSPS) is 10.6. The van der Waals surface area contributed by atoms with Gasteiger partial charge in [-0.2, -0.15) is 0 Å². The molecule has 0 atom stereocenters. The molecule has 1 N–H and O–H groups in total. The molecule has 0 aliphatic carbocycles. The number of benzene rings is 1. The van der Waals surface area contributed by atoms with Gasteiger partial charge in [-0.05, 0) is 25.0 Å². The monoisotopic (exact) mass is 353 g/mol. The van der Waals surface area contributed by atoms with E-state index in [-0.39, 0.29) is 18.0 Å². The number of thiazole rings is 1. The van der Waals surface area contributed by atoms with Gasteiger partial charge >= 0.3 is 0 Å². The van der Waals surface area contributed by atoms with Crippen LogP contribution in [0.5, 0.6) is 0 Å². The van der Waals surface area contributed by atoms with Gasteiger partial charge in [-0.15, -0.1) is 11.3 Å². The minimum atomic E-state index is -0.175. The minimum absolute atomic E-state index is 0.0434. The number of carbonyl (C=O) groups excluding carboxylic acids is 1. The van der Waals surface area contributed by atoms with Crippen LogP contribution in [0, 0.1) is 6.92 Å². The van der Waals surface area contributed by atoms with Gasteiger partial charge in [0.2, 0.25) is 5.91 Å². The average Bonchev–Trinajstić information content (AvgIpc) is 3.04. The van der Waals surface area contributed by atoms with Gasteiger partial charge < -0.3 is 9.88 Å². The summed E-state index contributed by atoms with van der Waals surface area (Å²) in [6.07, 6.45) is 2.35. The van der Waals surface area contributed by atoms with Gasteiger partial charge in [0.1, 0.15) is 6.54 Å². The van der Waals surface area contributed by atoms with Crippen molar-refractivity contribution in [1.29, 1.82) is 0 Å². The Bertz CT molecular complexity index is 913. The summed E-state index contributed by atoms with van der Waals surface area (Å²) in [5.41, 5.74) is 3.06. The molecule has 128 valence electrons. The smallest absolute Gasteiger partial charge is 0.250 e. The number of pyridine rings is 1. The van der Waals surface area contributed by atoms with Crippen molar-refractivity contribution < 1.29 is 4.79 Å². The summed E-state index contributed by atoms with van der Waals surface area (Å²) >= 11 is 1.64. The van der Waals surface area contributed by atoms with Crippen molar-refractivity contribution >= 4 is 17.2 Å². The molecular formula is C19H19N3O2S. The van der Waals surface area contributed by atoms with Gasteiger partial charge in [0.25, 0.3) is 5.56 Å². The maximum Gasteiger partial charge on any atom is 0.250 e. The summed E-state index contributed by atoms with van der Waals surface area (Å²) in [6.45, 7) is 2.58. The maximum atomic E-state index is 11.9. The predicted molar refractivity (Wildman–Crippen MR) is 99.7 cm³/mol. The highest BCUT2D eigenvalue weighted by Crippen LogP contribution is 2.21. The SMILES string of the molecule is Cc1nc(-c2ccc(CCNC(=O)Cn3ccccc3=O)cc2)cs1. The molecule has 0 radical (unpaired) electrons. The number of aromatic nitrogens is 2. The number of nitrogens with one attached hydrogen (secondary N) is 1. The summed E-state index contributed by atoms with van der Waals surface area (Å²) in [4.78, 5) is 28.0. The Morgan fingerprint density at radius 1 is 1.20 bits per heavy atom. The first-order valence-electron chi connectivity index (χ1n) is 8.05. The molecule has 0 spiro atoms. The van der Waals surface area contributed by atoms with E-state index in [0.29, 0.717) is 6.54 Å². The molecule has 6 heteroatoms. The molecule has 1 amide bonds. The lowest BCUT2D eigenvalue weighted by molar-refractivity contribution is -0.121. The molecule has 2 aromatic heterocycles. The summed E-state index contributed by atoms with van der Waals surface area (Å²) < 4.78 is 1.39. The van der Waals surface area contributed by atoms with Crippen LogP contribution in [0.4, 0.5) is 0 Å². The molecule has 0 fully saturated rings. The van der Waals surface area contributed by atoms with E-state index in [4.69, 9.17) is 0 Å². The molecule has 0 saturated carbocycles. The van der Waals surface area contributed by atoms with Crippen LogP contribution in [0.2, 0.25) is 0 Å². The van der Waals surface area contributed by atoms with Crippen molar-refractivity contribution in [1.82, 2.24) is 14.9 Å². The number of carbonyl (C=O) groups is 1. The van der Waals surface area contributed by atoms with E-state index >= 15 is 0 Å². The zero-order chi connectivity index (χ0) is 17.6. The van der Waals surface area contributed by atoms with Gasteiger partial charge in [-0.25, -0.2) is 4.98 Å². The van der Waals surface area contributed by atoms with Gasteiger partial charge in [-0.3, -0.25) is 9.59 Å². The topological polar surface area (TPSA) is 64.0 Å². The number of rotatable bonds is 6. The Balaban J connectivity index is 1.49. The third-order valence-corrected chi connectivity index (χ3v) is 4.59. The highest BCUT2D eigenvalue weighted by atomic mass is 32.1. The van der Waals surface area contributed by atoms with E-state index < -0.39 is 0 Å². The quantitative estimate of drug-likeness (QED) is 0.741. The molecule has 0 saturated heterocycles. The molecule has 3 rings (SSSR count). The van der Waals surface area contributed by atoms with E-state index in [1.807, 2.05) is 6.92 Å². The van der Waals surface area contributed by atoms with Crippen LogP contribution >= 0.6 is 11.3 Å². The van der Waals surface area contributed by atoms with Gasteiger partial charge in [-0.1, -0.05) is 30.3 Å². The van der Waals surface area contributed by atoms with Crippen molar-refractivity contribution in [3.8, 4) is 11.3 Å². The fraction of sp³-hybridized carbons (Fsp3) is 0.211. The molecule has 1 aromatic carbocycles. The van der Waals surface area contributed by atoms with Crippen LogP contribution in [-0.2, 0) is 17.8 Å². The zero-order valence-corrected chi connectivity index (χ0v) is 14.8. The Labute approximate surface area is 150 Å². The lowest BCUT2D eigenvalue weighted by Gasteiger charge is -2.07. The first-order valence-corrected chi connectivity index (χ1v) is 8.93. The first-order chi connectivity index (χ1) is 12.1. The highest BCUT2D eigenvalue weighted by Gasteiger charge is 2.05. The van der Waals surface area contributed by atoms with Crippen molar-refractivity contribution in [2.75, 3.05) is 6.54 Å². The third-order valence-electron chi connectivity index (χ3n) is 3.82. The molecule has 0 aliphatic heterocycles. The Kier molecular flexibility index (Phi) is 5.40. The molecule has 0 aliphatic rings. The lowest BCUT2D eigenvalue weighted by Crippen LogP contribution is -2.32. The maximum absolute atomic E-state index is 11.9. The van der Waals surface area contributed by atoms with Crippen LogP contribution in [0.15, 0.2) is 58.8 Å². The Morgan fingerprint density at radius 3 is 2.68 bits per heavy atom. The summed E-state index contributed by atoms with van der Waals surface area (Å²) in [5.74, 6) is -0.164. The predicted octanol–water partition coefficient (Wildman–Crippen LogP) is 2.64. The second kappa shape index (κ2) is 7.90. The van der Waals surface area contributed by atoms with Gasteiger partial charge in [0.05, 0.1) is 10.7 Å². The van der Waals surface area contributed by atoms with Crippen LogP contribution in [-0.4, -0.2) is 22.0 Å². The molecule has 0 bridgehead atoms. The number of hydrogen-bond acceptors (Lipinski definition) is 4. The van der Waals surface area contributed by atoms with Crippen molar-refractivity contribution in [3.05, 3.63) is 75.0 Å². The summed E-state index contributed by atoms with van der Waals surface area (Å²) in [5, 5.41) is 5.95. The zero-order valence-electron chi connectivity index (χ0n) is 13.9. The van der Waals surface area contributed by atoms with Crippen molar-refractivity contribution in [2.24, 2.45) is 0 Å². The van der Waals surface area contributed by atoms with Crippen molar-refractivity contribution in [3.63, 3.8) is 0 Å². The molecular weight excluding hydrogens is 334 g/mol. The van der Waals surface area contributed by atoms with Crippen molar-refractivity contribution in [2.45, 2.75) is 19.9 Å². The highest BCUT2D eigenvalue weighted by molar-refractivity contribution is 7.09. The fourth-order valence-electron chi connectivity index (χ4n) is 2.49. The first kappa shape index (κ1) is 17.1. The van der Waals surface area contributed by atoms with E-state index in [2.05, 4.69) is 39.9 Å². The lowest BCUT2D eigenvalue weighted by atomic mass is 10.1. The van der Waals surface area contributed by atoms with Crippen LogP contribution < -0.4 is 10.9 Å². The number of amides is 1. The molecule has 25 heavy (non-hydrogen) atoms. The fourth-order valence-corrected chi connectivity index (χ4v) is 3.11. The number of nitrogens with zero attached hydrogens (tertiary/aromatic N) is 2. The minimum Gasteiger partial charge on any atom is -0.354 e. The summed E-state index contributed by atoms with van der Waals surface area (Å²) in [6, 6.07) is 13.0. The van der Waals surface area contributed by atoms with E-state index in [0.717, 1.165) is 28.2 Å². The van der Waals surface area contributed by atoms with Crippen LogP contribution in [0.1, 0.15) is 10.6 Å². The molecule has 5 nitrogen and oxygen atoms in total. The average molecular weight is 353 g/mol. The Hall–Kier alpha value is -2.73. The molecule has 3 aromatic rings. The molecule has 2 heterocycles. The second-order valence-electron chi connectivity index (χ2n) is 5.72. The second-order valence-corrected chi connectivity index (χ2v) is 6.78. The van der Waals surface area contributed by atoms with E-state index in [1.54, 1.807) is 29.7 Å². The van der Waals surface area contributed by atoms with E-state index in [9.17, 15) is 9.59 Å². The standard InChI is InChI=1S/C19H19N3O2S/c1-14-21-17(13-25-14)16-7-5-15(6-8-16)9-10-20-18(23)12-22-11-3-2-4-19(22)24/h2-8,11,13H,9-10,12H2,1H3,(H,20,23). The van der Waals surface area contributed by atoms with Gasteiger partial charge in [0.15, 0.2) is 0 Å². The molecule has 0 unspecified atom stereocenters.